The van der Waals surface area contributed by atoms with Crippen LogP contribution in [0.25, 0.3) is 0 Å². The summed E-state index contributed by atoms with van der Waals surface area (Å²) in [6, 6.07) is 0. The van der Waals surface area contributed by atoms with Crippen molar-refractivity contribution in [2.45, 2.75) is 20.3 Å². The first-order valence-corrected chi connectivity index (χ1v) is 7.78. The summed E-state index contributed by atoms with van der Waals surface area (Å²) >= 11 is 3.78. The predicted octanol–water partition coefficient (Wildman–Crippen LogP) is 3.30. The van der Waals surface area contributed by atoms with Crippen molar-refractivity contribution in [2.75, 3.05) is 11.5 Å². The van der Waals surface area contributed by atoms with Crippen LogP contribution in [-0.4, -0.2) is 22.6 Å². The molecule has 0 aromatic rings. The van der Waals surface area contributed by atoms with Crippen LogP contribution in [0.15, 0.2) is 10.3 Å². The van der Waals surface area contributed by atoms with Gasteiger partial charge in [-0.05, 0) is 35.7 Å². The Kier molecular flexibility index (Phi) is 3.90. The maximum atomic E-state index is 11.1. The van der Waals surface area contributed by atoms with E-state index in [9.17, 15) is 4.79 Å². The molecule has 2 nitrogen and oxygen atoms in total. The van der Waals surface area contributed by atoms with Gasteiger partial charge in [0.2, 0.25) is 0 Å². The van der Waals surface area contributed by atoms with Gasteiger partial charge in [0.05, 0.1) is 5.92 Å². The van der Waals surface area contributed by atoms with Crippen LogP contribution < -0.4 is 0 Å². The highest BCUT2D eigenvalue weighted by molar-refractivity contribution is 8.22. The van der Waals surface area contributed by atoms with E-state index in [0.717, 1.165) is 0 Å². The largest absolute Gasteiger partial charge is 0.481 e. The van der Waals surface area contributed by atoms with Gasteiger partial charge in [-0.2, -0.15) is 0 Å². The van der Waals surface area contributed by atoms with Crippen molar-refractivity contribution in [2.24, 2.45) is 23.7 Å². The van der Waals surface area contributed by atoms with Gasteiger partial charge in [-0.15, -0.1) is 23.5 Å². The SMILES string of the molecule is CC(C)[C@H]1[C@H](C=C2SCCCS2)[C@H]1C(=O)O. The maximum Gasteiger partial charge on any atom is 0.307 e. The Hall–Kier alpha value is -0.0900. The van der Waals surface area contributed by atoms with Gasteiger partial charge in [0.25, 0.3) is 0 Å². The topological polar surface area (TPSA) is 37.3 Å². The first-order chi connectivity index (χ1) is 7.61. The summed E-state index contributed by atoms with van der Waals surface area (Å²) in [7, 11) is 0. The van der Waals surface area contributed by atoms with Crippen LogP contribution in [0.3, 0.4) is 0 Å². The molecule has 1 heterocycles. The molecule has 0 aromatic carbocycles. The van der Waals surface area contributed by atoms with Crippen LogP contribution in [0.5, 0.6) is 0 Å². The summed E-state index contributed by atoms with van der Waals surface area (Å²) in [6.07, 6.45) is 3.49. The Balaban J connectivity index is 2.01. The Morgan fingerprint density at radius 3 is 2.50 bits per heavy atom. The third-order valence-electron chi connectivity index (χ3n) is 3.29. The lowest BCUT2D eigenvalue weighted by molar-refractivity contribution is -0.139. The van der Waals surface area contributed by atoms with Crippen LogP contribution in [0.2, 0.25) is 0 Å². The van der Waals surface area contributed by atoms with E-state index in [0.29, 0.717) is 11.8 Å². The molecule has 2 rings (SSSR count). The number of carboxylic acids is 1. The van der Waals surface area contributed by atoms with Gasteiger partial charge in [0, 0.05) is 4.24 Å². The number of thioether (sulfide) groups is 2. The first-order valence-electron chi connectivity index (χ1n) is 5.81. The molecule has 0 bridgehead atoms. The summed E-state index contributed by atoms with van der Waals surface area (Å²) in [5, 5.41) is 9.13. The molecule has 1 saturated carbocycles. The van der Waals surface area contributed by atoms with E-state index in [1.54, 1.807) is 0 Å². The first kappa shape index (κ1) is 12.4. The second kappa shape index (κ2) is 5.05. The molecule has 0 unspecified atom stereocenters. The van der Waals surface area contributed by atoms with Gasteiger partial charge in [-0.3, -0.25) is 4.79 Å². The molecule has 16 heavy (non-hydrogen) atoms. The lowest BCUT2D eigenvalue weighted by atomic mass is 10.1. The van der Waals surface area contributed by atoms with Gasteiger partial charge in [-0.25, -0.2) is 0 Å². The molecule has 3 atom stereocenters. The monoisotopic (exact) mass is 258 g/mol. The van der Waals surface area contributed by atoms with Crippen molar-refractivity contribution in [3.63, 3.8) is 0 Å². The second-order valence-electron chi connectivity index (χ2n) is 4.80. The zero-order valence-corrected chi connectivity index (χ0v) is 11.3. The second-order valence-corrected chi connectivity index (χ2v) is 7.33. The Morgan fingerprint density at radius 2 is 2.06 bits per heavy atom. The highest BCUT2D eigenvalue weighted by Gasteiger charge is 2.55. The minimum Gasteiger partial charge on any atom is -0.481 e. The van der Waals surface area contributed by atoms with Gasteiger partial charge in [-0.1, -0.05) is 19.9 Å². The van der Waals surface area contributed by atoms with E-state index < -0.39 is 5.97 Å². The Bertz CT molecular complexity index is 304. The van der Waals surface area contributed by atoms with Gasteiger partial charge in [0.15, 0.2) is 0 Å². The van der Waals surface area contributed by atoms with Crippen molar-refractivity contribution in [3.8, 4) is 0 Å². The number of hydrogen-bond donors (Lipinski definition) is 1. The molecule has 1 N–H and O–H groups in total. The van der Waals surface area contributed by atoms with Gasteiger partial charge in [0.1, 0.15) is 0 Å². The van der Waals surface area contributed by atoms with Crippen LogP contribution in [0.1, 0.15) is 20.3 Å². The van der Waals surface area contributed by atoms with E-state index >= 15 is 0 Å². The summed E-state index contributed by atoms with van der Waals surface area (Å²) in [5.41, 5.74) is 0. The van der Waals surface area contributed by atoms with Crippen molar-refractivity contribution in [1.82, 2.24) is 0 Å². The maximum absolute atomic E-state index is 11.1. The van der Waals surface area contributed by atoms with E-state index in [4.69, 9.17) is 5.11 Å². The number of allylic oxidation sites excluding steroid dienone is 1. The Morgan fingerprint density at radius 1 is 1.44 bits per heavy atom. The van der Waals surface area contributed by atoms with Crippen molar-refractivity contribution >= 4 is 29.5 Å². The lowest BCUT2D eigenvalue weighted by Gasteiger charge is -2.12. The molecule has 1 aliphatic heterocycles. The quantitative estimate of drug-likeness (QED) is 0.843. The highest BCUT2D eigenvalue weighted by atomic mass is 32.2. The number of carboxylic acid groups (broad SMARTS) is 1. The van der Waals surface area contributed by atoms with Crippen molar-refractivity contribution in [1.29, 1.82) is 0 Å². The molecule has 0 radical (unpaired) electrons. The van der Waals surface area contributed by atoms with Crippen LogP contribution in [0.4, 0.5) is 0 Å². The Labute approximate surface area is 105 Å². The molecule has 0 aromatic heterocycles. The zero-order valence-electron chi connectivity index (χ0n) is 9.68. The van der Waals surface area contributed by atoms with E-state index in [1.807, 2.05) is 23.5 Å². The molecule has 2 aliphatic rings. The third-order valence-corrected chi connectivity index (χ3v) is 5.83. The molecular weight excluding hydrogens is 240 g/mol. The smallest absolute Gasteiger partial charge is 0.307 e. The van der Waals surface area contributed by atoms with Gasteiger partial charge < -0.3 is 5.11 Å². The standard InChI is InChI=1S/C12H18O2S2/c1-7(2)10-8(11(10)12(13)14)6-9-15-4-3-5-16-9/h6-8,10-11H,3-5H2,1-2H3,(H,13,14)/t8-,10-,11+/m0/s1. The number of carbonyl (C=O) groups is 1. The number of hydrogen-bond acceptors (Lipinski definition) is 3. The molecule has 2 fully saturated rings. The van der Waals surface area contributed by atoms with Crippen molar-refractivity contribution < 1.29 is 9.90 Å². The normalized spacial score (nSPS) is 33.9. The fourth-order valence-electron chi connectivity index (χ4n) is 2.46. The average molecular weight is 258 g/mol. The highest BCUT2D eigenvalue weighted by Crippen LogP contribution is 2.54. The summed E-state index contributed by atoms with van der Waals surface area (Å²) < 4.78 is 1.35. The lowest BCUT2D eigenvalue weighted by Crippen LogP contribution is -2.02. The minimum absolute atomic E-state index is 0.129. The average Bonchev–Trinajstić information content (AvgIpc) is 2.94. The molecule has 90 valence electrons. The van der Waals surface area contributed by atoms with Crippen LogP contribution in [-0.2, 0) is 4.79 Å². The molecule has 0 amide bonds. The third kappa shape index (κ3) is 2.59. The van der Waals surface area contributed by atoms with E-state index in [1.165, 1.54) is 22.2 Å². The zero-order chi connectivity index (χ0) is 11.7. The van der Waals surface area contributed by atoms with Crippen molar-refractivity contribution in [3.05, 3.63) is 10.3 Å². The molecule has 4 heteroatoms. The molecule has 1 saturated heterocycles. The fourth-order valence-corrected chi connectivity index (χ4v) is 4.96. The summed E-state index contributed by atoms with van der Waals surface area (Å²) in [4.78, 5) is 11.1. The number of rotatable bonds is 3. The van der Waals surface area contributed by atoms with Gasteiger partial charge >= 0.3 is 5.97 Å². The van der Waals surface area contributed by atoms with Crippen LogP contribution >= 0.6 is 23.5 Å². The number of aliphatic carboxylic acids is 1. The van der Waals surface area contributed by atoms with Crippen LogP contribution in [0, 0.1) is 23.7 Å². The summed E-state index contributed by atoms with van der Waals surface area (Å²) in [5.74, 6) is 2.74. The summed E-state index contributed by atoms with van der Waals surface area (Å²) in [6.45, 7) is 4.25. The molecule has 1 aliphatic carbocycles. The minimum atomic E-state index is -0.619. The predicted molar refractivity (Wildman–Crippen MR) is 70.6 cm³/mol. The molecular formula is C12H18O2S2. The fraction of sp³-hybridized carbons (Fsp3) is 0.750. The van der Waals surface area contributed by atoms with E-state index in [-0.39, 0.29) is 11.8 Å². The van der Waals surface area contributed by atoms with E-state index in [2.05, 4.69) is 19.9 Å². The molecule has 0 spiro atoms.